The van der Waals surface area contributed by atoms with Crippen molar-refractivity contribution in [2.24, 2.45) is 5.92 Å². The number of amides is 1. The minimum atomic E-state index is -0.741. The van der Waals surface area contributed by atoms with Crippen molar-refractivity contribution in [2.45, 2.75) is 44.6 Å². The first-order valence-corrected chi connectivity index (χ1v) is 9.23. The Kier molecular flexibility index (Phi) is 5.42. The molecule has 25 heavy (non-hydrogen) atoms. The molecule has 1 saturated heterocycles. The maximum Gasteiger partial charge on any atom is 0.241 e. The maximum atomic E-state index is 11.9. The zero-order valence-corrected chi connectivity index (χ0v) is 15.2. The Balaban J connectivity index is 1.61. The molecule has 7 heteroatoms. The van der Waals surface area contributed by atoms with Gasteiger partial charge >= 0.3 is 0 Å². The van der Waals surface area contributed by atoms with Gasteiger partial charge in [0.05, 0.1) is 12.1 Å². The molecule has 1 aliphatic heterocycles. The Bertz CT molecular complexity index is 601. The van der Waals surface area contributed by atoms with E-state index in [0.29, 0.717) is 31.4 Å². The molecule has 0 spiro atoms. The molecule has 1 aromatic heterocycles. The van der Waals surface area contributed by atoms with E-state index in [4.69, 9.17) is 0 Å². The highest BCUT2D eigenvalue weighted by Gasteiger charge is 2.32. The molecule has 1 saturated carbocycles. The number of anilines is 2. The molecule has 1 aliphatic carbocycles. The summed E-state index contributed by atoms with van der Waals surface area (Å²) < 4.78 is 0. The van der Waals surface area contributed by atoms with Gasteiger partial charge in [-0.2, -0.15) is 0 Å². The second-order valence-corrected chi connectivity index (χ2v) is 7.54. The number of piperazine rings is 1. The molecule has 3 rings (SSSR count). The van der Waals surface area contributed by atoms with Crippen LogP contribution in [0.5, 0.6) is 0 Å². The zero-order chi connectivity index (χ0) is 17.9. The monoisotopic (exact) mass is 347 g/mol. The summed E-state index contributed by atoms with van der Waals surface area (Å²) in [5.41, 5.74) is -0.741. The molecule has 2 heterocycles. The van der Waals surface area contributed by atoms with Crippen molar-refractivity contribution in [1.82, 2.24) is 14.9 Å². The lowest BCUT2D eigenvalue weighted by Crippen LogP contribution is -2.48. The molecule has 1 amide bonds. The predicted octanol–water partition coefficient (Wildman–Crippen LogP) is 1.50. The minimum absolute atomic E-state index is 0.0969. The highest BCUT2D eigenvalue weighted by atomic mass is 16.3. The number of aromatic nitrogens is 2. The van der Waals surface area contributed by atoms with Crippen molar-refractivity contribution in [1.29, 1.82) is 0 Å². The molecule has 1 atom stereocenters. The zero-order valence-electron chi connectivity index (χ0n) is 15.2. The molecule has 138 valence electrons. The van der Waals surface area contributed by atoms with Gasteiger partial charge in [0.25, 0.3) is 0 Å². The lowest BCUT2D eigenvalue weighted by atomic mass is 9.78. The first-order chi connectivity index (χ1) is 12.0. The van der Waals surface area contributed by atoms with Crippen molar-refractivity contribution in [3.63, 3.8) is 0 Å². The average Bonchev–Trinajstić information content (AvgIpc) is 2.63. The van der Waals surface area contributed by atoms with Gasteiger partial charge in [0.1, 0.15) is 18.0 Å². The molecule has 0 bridgehead atoms. The van der Waals surface area contributed by atoms with Gasteiger partial charge in [0, 0.05) is 32.7 Å². The van der Waals surface area contributed by atoms with Crippen molar-refractivity contribution < 1.29 is 9.90 Å². The van der Waals surface area contributed by atoms with Crippen molar-refractivity contribution in [2.75, 3.05) is 43.4 Å². The minimum Gasteiger partial charge on any atom is -0.388 e. The normalized spacial score (nSPS) is 22.0. The quantitative estimate of drug-likeness (QED) is 0.840. The Morgan fingerprint density at radius 1 is 1.28 bits per heavy atom. The van der Waals surface area contributed by atoms with Crippen LogP contribution in [0.4, 0.5) is 11.6 Å². The van der Waals surface area contributed by atoms with E-state index in [9.17, 15) is 9.90 Å². The molecule has 2 N–H and O–H groups in total. The summed E-state index contributed by atoms with van der Waals surface area (Å²) in [4.78, 5) is 24.1. The van der Waals surface area contributed by atoms with E-state index in [2.05, 4.69) is 15.3 Å². The maximum absolute atomic E-state index is 11.9. The third-order valence-corrected chi connectivity index (χ3v) is 5.55. The van der Waals surface area contributed by atoms with Crippen molar-refractivity contribution >= 4 is 17.5 Å². The molecule has 2 aliphatic rings. The van der Waals surface area contributed by atoms with Gasteiger partial charge in [-0.25, -0.2) is 9.97 Å². The predicted molar refractivity (Wildman–Crippen MR) is 97.6 cm³/mol. The van der Waals surface area contributed by atoms with E-state index in [1.54, 1.807) is 4.90 Å². The summed E-state index contributed by atoms with van der Waals surface area (Å²) in [6.07, 6.45) is 7.38. The summed E-state index contributed by atoms with van der Waals surface area (Å²) in [6, 6.07) is 1.86. The average molecular weight is 347 g/mol. The second kappa shape index (κ2) is 7.56. The summed E-state index contributed by atoms with van der Waals surface area (Å²) in [5.74, 6) is 1.87. The smallest absolute Gasteiger partial charge is 0.241 e. The van der Waals surface area contributed by atoms with Crippen LogP contribution in [-0.2, 0) is 4.79 Å². The third kappa shape index (κ3) is 4.39. The number of likely N-dealkylation sites (N-methyl/N-ethyl adjacent to an activating group) is 1. The van der Waals surface area contributed by atoms with Crippen LogP contribution in [0.1, 0.15) is 39.0 Å². The molecule has 7 nitrogen and oxygen atoms in total. The van der Waals surface area contributed by atoms with E-state index >= 15 is 0 Å². The van der Waals surface area contributed by atoms with Crippen LogP contribution in [0.2, 0.25) is 0 Å². The van der Waals surface area contributed by atoms with Gasteiger partial charge in [0.15, 0.2) is 0 Å². The fraction of sp³-hybridized carbons (Fsp3) is 0.722. The number of hydrogen-bond donors (Lipinski definition) is 2. The van der Waals surface area contributed by atoms with Gasteiger partial charge in [-0.15, -0.1) is 0 Å². The summed E-state index contributed by atoms with van der Waals surface area (Å²) >= 11 is 0. The van der Waals surface area contributed by atoms with Crippen LogP contribution >= 0.6 is 0 Å². The lowest BCUT2D eigenvalue weighted by molar-refractivity contribution is -0.129. The van der Waals surface area contributed by atoms with E-state index in [1.807, 2.05) is 24.9 Å². The van der Waals surface area contributed by atoms with E-state index in [0.717, 1.165) is 25.2 Å². The molecule has 1 aromatic rings. The second-order valence-electron chi connectivity index (χ2n) is 7.54. The number of nitrogens with zero attached hydrogens (tertiary/aromatic N) is 4. The van der Waals surface area contributed by atoms with Gasteiger partial charge in [-0.05, 0) is 25.7 Å². The molecular weight excluding hydrogens is 318 g/mol. The van der Waals surface area contributed by atoms with Crippen LogP contribution in [0, 0.1) is 5.92 Å². The molecule has 2 fully saturated rings. The fourth-order valence-corrected chi connectivity index (χ4v) is 3.71. The van der Waals surface area contributed by atoms with E-state index < -0.39 is 5.60 Å². The van der Waals surface area contributed by atoms with Gasteiger partial charge in [-0.1, -0.05) is 19.3 Å². The SMILES string of the molecule is CN1CCN(c2cc(NCC(C)(O)C3CCCCC3)ncn2)CC1=O. The largest absolute Gasteiger partial charge is 0.388 e. The van der Waals surface area contributed by atoms with Crippen LogP contribution in [0.3, 0.4) is 0 Å². The molecule has 0 radical (unpaired) electrons. The Labute approximate surface area is 149 Å². The van der Waals surface area contributed by atoms with Gasteiger partial charge < -0.3 is 20.2 Å². The summed E-state index contributed by atoms with van der Waals surface area (Å²) in [7, 11) is 1.82. The van der Waals surface area contributed by atoms with Gasteiger partial charge in [-0.3, -0.25) is 4.79 Å². The third-order valence-electron chi connectivity index (χ3n) is 5.55. The number of aliphatic hydroxyl groups is 1. The van der Waals surface area contributed by atoms with Crippen LogP contribution in [0.25, 0.3) is 0 Å². The Hall–Kier alpha value is -1.89. The van der Waals surface area contributed by atoms with E-state index in [-0.39, 0.29) is 5.91 Å². The van der Waals surface area contributed by atoms with Crippen LogP contribution in [0.15, 0.2) is 12.4 Å². The first kappa shape index (κ1) is 17.9. The summed E-state index contributed by atoms with van der Waals surface area (Å²) in [5, 5.41) is 14.1. The standard InChI is InChI=1S/C18H29N5O2/c1-18(25,14-6-4-3-5-7-14)12-19-15-10-16(21-13-20-15)23-9-8-22(2)17(24)11-23/h10,13-14,25H,3-9,11-12H2,1-2H3,(H,19,20,21). The number of carbonyl (C=O) groups excluding carboxylic acids is 1. The Morgan fingerprint density at radius 3 is 2.76 bits per heavy atom. The number of nitrogens with one attached hydrogen (secondary N) is 1. The van der Waals surface area contributed by atoms with Crippen LogP contribution in [-0.4, -0.2) is 64.7 Å². The topological polar surface area (TPSA) is 81.6 Å². The lowest BCUT2D eigenvalue weighted by Gasteiger charge is -2.36. The van der Waals surface area contributed by atoms with Gasteiger partial charge in [0.2, 0.25) is 5.91 Å². The highest BCUT2D eigenvalue weighted by molar-refractivity contribution is 5.82. The number of carbonyl (C=O) groups is 1. The highest BCUT2D eigenvalue weighted by Crippen LogP contribution is 2.32. The first-order valence-electron chi connectivity index (χ1n) is 9.23. The molecule has 1 unspecified atom stereocenters. The van der Waals surface area contributed by atoms with Crippen molar-refractivity contribution in [3.8, 4) is 0 Å². The van der Waals surface area contributed by atoms with E-state index in [1.165, 1.54) is 25.6 Å². The number of rotatable bonds is 5. The Morgan fingerprint density at radius 2 is 2.04 bits per heavy atom. The van der Waals surface area contributed by atoms with Crippen LogP contribution < -0.4 is 10.2 Å². The summed E-state index contributed by atoms with van der Waals surface area (Å²) in [6.45, 7) is 4.18. The molecule has 0 aromatic carbocycles. The fourth-order valence-electron chi connectivity index (χ4n) is 3.71. The molecular formula is C18H29N5O2. The van der Waals surface area contributed by atoms with Crippen molar-refractivity contribution in [3.05, 3.63) is 12.4 Å². The number of hydrogen-bond acceptors (Lipinski definition) is 6.